The van der Waals surface area contributed by atoms with E-state index in [-0.39, 0.29) is 11.3 Å². The highest BCUT2D eigenvalue weighted by atomic mass is 16.3. The third kappa shape index (κ3) is 3.45. The Hall–Kier alpha value is -1.79. The van der Waals surface area contributed by atoms with Gasteiger partial charge in [0.2, 0.25) is 0 Å². The Kier molecular flexibility index (Phi) is 4.39. The number of aromatic hydroxyl groups is 1. The van der Waals surface area contributed by atoms with Crippen molar-refractivity contribution >= 4 is 6.29 Å². The van der Waals surface area contributed by atoms with Crippen molar-refractivity contribution in [3.63, 3.8) is 0 Å². The number of phenolic OH excluding ortho intramolecular Hbond substituents is 1. The first-order chi connectivity index (χ1) is 7.27. The summed E-state index contributed by atoms with van der Waals surface area (Å²) in [5.74, 6) is 5.84. The van der Waals surface area contributed by atoms with Crippen molar-refractivity contribution in [3.05, 3.63) is 29.3 Å². The smallest absolute Gasteiger partial charge is 0.153 e. The molecule has 2 N–H and O–H groups in total. The zero-order chi connectivity index (χ0) is 11.1. The molecule has 1 aromatic rings. The van der Waals surface area contributed by atoms with Gasteiger partial charge in [0.25, 0.3) is 0 Å². The van der Waals surface area contributed by atoms with Crippen molar-refractivity contribution in [1.82, 2.24) is 5.32 Å². The average Bonchev–Trinajstić information content (AvgIpc) is 2.25. The van der Waals surface area contributed by atoms with E-state index < -0.39 is 0 Å². The Morgan fingerprint density at radius 2 is 2.33 bits per heavy atom. The lowest BCUT2D eigenvalue weighted by Crippen LogP contribution is -2.05. The van der Waals surface area contributed by atoms with E-state index in [0.717, 1.165) is 13.0 Å². The second kappa shape index (κ2) is 5.84. The van der Waals surface area contributed by atoms with Crippen LogP contribution in [-0.2, 0) is 0 Å². The molecule has 15 heavy (non-hydrogen) atoms. The van der Waals surface area contributed by atoms with Crippen LogP contribution in [0.25, 0.3) is 0 Å². The summed E-state index contributed by atoms with van der Waals surface area (Å²) in [5, 5.41) is 12.4. The predicted molar refractivity (Wildman–Crippen MR) is 58.9 cm³/mol. The van der Waals surface area contributed by atoms with Gasteiger partial charge in [-0.25, -0.2) is 0 Å². The quantitative estimate of drug-likeness (QED) is 0.440. The maximum absolute atomic E-state index is 10.4. The monoisotopic (exact) mass is 203 g/mol. The van der Waals surface area contributed by atoms with E-state index in [2.05, 4.69) is 17.2 Å². The van der Waals surface area contributed by atoms with Gasteiger partial charge >= 0.3 is 0 Å². The van der Waals surface area contributed by atoms with E-state index >= 15 is 0 Å². The Bertz CT molecular complexity index is 402. The summed E-state index contributed by atoms with van der Waals surface area (Å²) in [7, 11) is 1.87. The average molecular weight is 203 g/mol. The van der Waals surface area contributed by atoms with Crippen LogP contribution in [0.4, 0.5) is 0 Å². The molecule has 1 rings (SSSR count). The van der Waals surface area contributed by atoms with Gasteiger partial charge in [-0.1, -0.05) is 11.8 Å². The largest absolute Gasteiger partial charge is 0.507 e. The summed E-state index contributed by atoms with van der Waals surface area (Å²) in [4.78, 5) is 10.4. The molecule has 3 nitrogen and oxygen atoms in total. The Balaban J connectivity index is 2.73. The molecule has 0 aromatic heterocycles. The third-order valence-corrected chi connectivity index (χ3v) is 1.89. The number of nitrogens with one attached hydrogen (secondary N) is 1. The highest BCUT2D eigenvalue weighted by Crippen LogP contribution is 2.15. The summed E-state index contributed by atoms with van der Waals surface area (Å²) < 4.78 is 0. The first kappa shape index (κ1) is 11.3. The SMILES string of the molecule is CNCCC#Cc1ccc(C=O)c(O)c1. The summed E-state index contributed by atoms with van der Waals surface area (Å²) in [6.07, 6.45) is 1.38. The van der Waals surface area contributed by atoms with Gasteiger partial charge in [-0.15, -0.1) is 0 Å². The second-order valence-electron chi connectivity index (χ2n) is 3.05. The van der Waals surface area contributed by atoms with Crippen LogP contribution in [0.5, 0.6) is 5.75 Å². The van der Waals surface area contributed by atoms with E-state index in [1.54, 1.807) is 12.1 Å². The van der Waals surface area contributed by atoms with E-state index in [9.17, 15) is 9.90 Å². The van der Waals surface area contributed by atoms with Crippen molar-refractivity contribution in [2.24, 2.45) is 0 Å². The molecule has 78 valence electrons. The zero-order valence-electron chi connectivity index (χ0n) is 8.58. The highest BCUT2D eigenvalue weighted by molar-refractivity contribution is 5.79. The number of carbonyl (C=O) groups is 1. The van der Waals surface area contributed by atoms with Crippen molar-refractivity contribution in [1.29, 1.82) is 0 Å². The topological polar surface area (TPSA) is 49.3 Å². The molecular formula is C12H13NO2. The van der Waals surface area contributed by atoms with Crippen LogP contribution >= 0.6 is 0 Å². The fraction of sp³-hybridized carbons (Fsp3) is 0.250. The Morgan fingerprint density at radius 1 is 1.53 bits per heavy atom. The molecule has 0 spiro atoms. The van der Waals surface area contributed by atoms with Gasteiger partial charge < -0.3 is 10.4 Å². The summed E-state index contributed by atoms with van der Waals surface area (Å²) in [6, 6.07) is 4.77. The zero-order valence-corrected chi connectivity index (χ0v) is 8.58. The van der Waals surface area contributed by atoms with Crippen LogP contribution < -0.4 is 5.32 Å². The molecule has 0 radical (unpaired) electrons. The second-order valence-corrected chi connectivity index (χ2v) is 3.05. The minimum Gasteiger partial charge on any atom is -0.507 e. The van der Waals surface area contributed by atoms with Crippen molar-refractivity contribution < 1.29 is 9.90 Å². The molecule has 0 unspecified atom stereocenters. The highest BCUT2D eigenvalue weighted by Gasteiger charge is 1.98. The van der Waals surface area contributed by atoms with Crippen LogP contribution in [0.3, 0.4) is 0 Å². The molecule has 0 amide bonds. The predicted octanol–water partition coefficient (Wildman–Crippen LogP) is 1.17. The molecule has 0 saturated carbocycles. The number of benzene rings is 1. The third-order valence-electron chi connectivity index (χ3n) is 1.89. The van der Waals surface area contributed by atoms with Crippen molar-refractivity contribution in [3.8, 4) is 17.6 Å². The van der Waals surface area contributed by atoms with Crippen molar-refractivity contribution in [2.45, 2.75) is 6.42 Å². The molecule has 0 heterocycles. The van der Waals surface area contributed by atoms with E-state index in [1.165, 1.54) is 6.07 Å². The van der Waals surface area contributed by atoms with Crippen LogP contribution in [0.1, 0.15) is 22.3 Å². The van der Waals surface area contributed by atoms with E-state index in [1.807, 2.05) is 7.05 Å². The van der Waals surface area contributed by atoms with Gasteiger partial charge in [-0.3, -0.25) is 4.79 Å². The van der Waals surface area contributed by atoms with E-state index in [0.29, 0.717) is 11.8 Å². The molecule has 3 heteroatoms. The van der Waals surface area contributed by atoms with Gasteiger partial charge in [0.05, 0.1) is 5.56 Å². The fourth-order valence-corrected chi connectivity index (χ4v) is 1.07. The molecular weight excluding hydrogens is 190 g/mol. The first-order valence-corrected chi connectivity index (χ1v) is 4.69. The number of carbonyl (C=O) groups excluding carboxylic acids is 1. The maximum atomic E-state index is 10.4. The maximum Gasteiger partial charge on any atom is 0.153 e. The van der Waals surface area contributed by atoms with Gasteiger partial charge in [0, 0.05) is 18.5 Å². The number of aldehydes is 1. The van der Waals surface area contributed by atoms with Crippen LogP contribution in [0, 0.1) is 11.8 Å². The Morgan fingerprint density at radius 3 is 2.93 bits per heavy atom. The minimum atomic E-state index is -0.0228. The van der Waals surface area contributed by atoms with Crippen LogP contribution in [0.2, 0.25) is 0 Å². The summed E-state index contributed by atoms with van der Waals surface area (Å²) in [6.45, 7) is 0.839. The normalized spacial score (nSPS) is 9.13. The molecule has 0 aliphatic heterocycles. The van der Waals surface area contributed by atoms with Gasteiger partial charge in [-0.2, -0.15) is 0 Å². The van der Waals surface area contributed by atoms with Gasteiger partial charge in [0.1, 0.15) is 5.75 Å². The lowest BCUT2D eigenvalue weighted by atomic mass is 10.1. The van der Waals surface area contributed by atoms with Crippen LogP contribution in [0.15, 0.2) is 18.2 Å². The summed E-state index contributed by atoms with van der Waals surface area (Å²) >= 11 is 0. The molecule has 0 atom stereocenters. The molecule has 0 saturated heterocycles. The Labute approximate surface area is 89.1 Å². The van der Waals surface area contributed by atoms with Crippen LogP contribution in [-0.4, -0.2) is 25.0 Å². The molecule has 1 aromatic carbocycles. The molecule has 0 bridgehead atoms. The fourth-order valence-electron chi connectivity index (χ4n) is 1.07. The molecule has 0 aliphatic carbocycles. The number of rotatable bonds is 3. The lowest BCUT2D eigenvalue weighted by Gasteiger charge is -1.96. The first-order valence-electron chi connectivity index (χ1n) is 4.69. The van der Waals surface area contributed by atoms with Gasteiger partial charge in [0.15, 0.2) is 6.29 Å². The number of phenols is 1. The lowest BCUT2D eigenvalue weighted by molar-refractivity contribution is 0.112. The number of hydrogen-bond donors (Lipinski definition) is 2. The van der Waals surface area contributed by atoms with Gasteiger partial charge in [-0.05, 0) is 25.2 Å². The standard InChI is InChI=1S/C12H13NO2/c1-13-7-3-2-4-10-5-6-11(9-14)12(15)8-10/h5-6,8-9,13,15H,3,7H2,1H3. The summed E-state index contributed by atoms with van der Waals surface area (Å²) in [5.41, 5.74) is 1.00. The molecule has 0 fully saturated rings. The van der Waals surface area contributed by atoms with E-state index in [4.69, 9.17) is 0 Å². The minimum absolute atomic E-state index is 0.0228. The molecule has 0 aliphatic rings. The number of hydrogen-bond acceptors (Lipinski definition) is 3. The van der Waals surface area contributed by atoms with Crippen molar-refractivity contribution in [2.75, 3.05) is 13.6 Å².